The van der Waals surface area contributed by atoms with E-state index in [1.165, 1.54) is 15.6 Å². The van der Waals surface area contributed by atoms with E-state index in [1.54, 1.807) is 0 Å². The Hall–Kier alpha value is -0.173. The van der Waals surface area contributed by atoms with Crippen LogP contribution in [0.4, 0.5) is 0 Å². The summed E-state index contributed by atoms with van der Waals surface area (Å²) in [6, 6.07) is 8.65. The molecular weight excluding hydrogens is 419 g/mol. The number of halogens is 1. The van der Waals surface area contributed by atoms with Gasteiger partial charge >= 0.3 is 0 Å². The van der Waals surface area contributed by atoms with E-state index in [4.69, 9.17) is 4.43 Å². The minimum atomic E-state index is -1.76. The summed E-state index contributed by atoms with van der Waals surface area (Å²) < 4.78 is 10.1. The molecule has 0 saturated carbocycles. The van der Waals surface area contributed by atoms with Crippen LogP contribution in [0.2, 0.25) is 18.1 Å². The van der Waals surface area contributed by atoms with Gasteiger partial charge in [-0.25, -0.2) is 0 Å². The van der Waals surface area contributed by atoms with Crippen molar-refractivity contribution in [3.63, 3.8) is 0 Å². The van der Waals surface area contributed by atoms with Crippen LogP contribution in [-0.2, 0) is 10.8 Å². The highest BCUT2D eigenvalue weighted by Crippen LogP contribution is 2.38. The van der Waals surface area contributed by atoms with Crippen molar-refractivity contribution in [3.8, 4) is 0 Å². The highest BCUT2D eigenvalue weighted by Gasteiger charge is 2.38. The van der Waals surface area contributed by atoms with Gasteiger partial charge in [-0.1, -0.05) is 67.6 Å². The molecule has 1 aromatic heterocycles. The molecule has 1 unspecified atom stereocenters. The minimum absolute atomic E-state index is 0.163. The van der Waals surface area contributed by atoms with Gasteiger partial charge in [0.1, 0.15) is 0 Å². The van der Waals surface area contributed by atoms with Crippen molar-refractivity contribution in [2.24, 2.45) is 0 Å². The third-order valence-corrected chi connectivity index (χ3v) is 10.5. The maximum Gasteiger partial charge on any atom is 0.192 e. The molecule has 1 aromatic carbocycles. The maximum atomic E-state index is 6.62. The monoisotopic (exact) mass is 444 g/mol. The second kappa shape index (κ2) is 7.15. The van der Waals surface area contributed by atoms with Gasteiger partial charge in [-0.2, -0.15) is 0 Å². The van der Waals surface area contributed by atoms with Gasteiger partial charge in [-0.05, 0) is 44.6 Å². The molecule has 2 aromatic rings. The summed E-state index contributed by atoms with van der Waals surface area (Å²) in [5.74, 6) is 0. The number of hydrogen-bond donors (Lipinski definition) is 0. The first-order chi connectivity index (χ1) is 10.2. The van der Waals surface area contributed by atoms with Crippen molar-refractivity contribution in [2.75, 3.05) is 0 Å². The molecule has 1 atom stereocenters. The van der Waals surface area contributed by atoms with E-state index in [2.05, 4.69) is 96.3 Å². The molecule has 0 radical (unpaired) electrons. The van der Waals surface area contributed by atoms with E-state index in [0.717, 1.165) is 6.42 Å². The smallest absolute Gasteiger partial charge is 0.192 e. The van der Waals surface area contributed by atoms with E-state index in [-0.39, 0.29) is 11.1 Å². The fraction of sp³-hybridized carbons (Fsp3) is 0.444. The normalized spacial score (nSPS) is 14.8. The van der Waals surface area contributed by atoms with Crippen LogP contribution in [0.15, 0.2) is 39.8 Å². The fourth-order valence-electron chi connectivity index (χ4n) is 2.19. The molecule has 22 heavy (non-hydrogen) atoms. The summed E-state index contributed by atoms with van der Waals surface area (Å²) in [7, 11) is -1.76. The zero-order chi connectivity index (χ0) is 16.4. The Bertz CT molecular complexity index is 654. The minimum Gasteiger partial charge on any atom is -0.410 e. The second-order valence-corrected chi connectivity index (χ2v) is 13.6. The van der Waals surface area contributed by atoms with Crippen molar-refractivity contribution in [2.45, 2.75) is 51.4 Å². The SMILES string of the molecule is CC(C)(C)[Si](C)(C)OC(/C=C/I)Cc1csc2ccccc12. The third-order valence-electron chi connectivity index (χ3n) is 4.52. The maximum absolute atomic E-state index is 6.62. The molecule has 4 heteroatoms. The quantitative estimate of drug-likeness (QED) is 0.365. The first kappa shape index (κ1) is 18.2. The number of benzene rings is 1. The standard InChI is InChI=1S/C18H25IOSSi/c1-18(2,3)22(4,5)20-15(10-11-19)12-14-13-21-17-9-7-6-8-16(14)17/h6-11,13,15H,12H2,1-5H3/b11-10+. The summed E-state index contributed by atoms with van der Waals surface area (Å²) >= 11 is 4.12. The molecule has 120 valence electrons. The highest BCUT2D eigenvalue weighted by atomic mass is 127. The number of rotatable bonds is 5. The van der Waals surface area contributed by atoms with Crippen molar-refractivity contribution in [3.05, 3.63) is 45.4 Å². The molecule has 1 heterocycles. The van der Waals surface area contributed by atoms with Gasteiger partial charge < -0.3 is 4.43 Å². The fourth-order valence-corrected chi connectivity index (χ4v) is 4.90. The van der Waals surface area contributed by atoms with E-state index in [9.17, 15) is 0 Å². The molecule has 0 bridgehead atoms. The van der Waals surface area contributed by atoms with Crippen LogP contribution >= 0.6 is 33.9 Å². The Morgan fingerprint density at radius 1 is 1.27 bits per heavy atom. The van der Waals surface area contributed by atoms with Crippen molar-refractivity contribution in [1.82, 2.24) is 0 Å². The molecule has 1 nitrogen and oxygen atoms in total. The van der Waals surface area contributed by atoms with E-state index in [0.29, 0.717) is 0 Å². The molecule has 0 aliphatic heterocycles. The summed E-state index contributed by atoms with van der Waals surface area (Å²) in [6.45, 7) is 11.5. The molecule has 2 rings (SSSR count). The lowest BCUT2D eigenvalue weighted by Gasteiger charge is -2.38. The van der Waals surface area contributed by atoms with Crippen molar-refractivity contribution >= 4 is 52.3 Å². The van der Waals surface area contributed by atoms with E-state index >= 15 is 0 Å². The summed E-state index contributed by atoms with van der Waals surface area (Å²) in [5.41, 5.74) is 1.40. The molecule has 0 aliphatic rings. The van der Waals surface area contributed by atoms with Crippen LogP contribution in [0.3, 0.4) is 0 Å². The zero-order valence-corrected chi connectivity index (χ0v) is 18.0. The largest absolute Gasteiger partial charge is 0.410 e. The van der Waals surface area contributed by atoms with Crippen LogP contribution in [0.25, 0.3) is 10.1 Å². The summed E-state index contributed by atoms with van der Waals surface area (Å²) in [5, 5.41) is 3.90. The van der Waals surface area contributed by atoms with Crippen molar-refractivity contribution < 1.29 is 4.43 Å². The van der Waals surface area contributed by atoms with Crippen LogP contribution in [-0.4, -0.2) is 14.4 Å². The molecule has 0 amide bonds. The topological polar surface area (TPSA) is 9.23 Å². The highest BCUT2D eigenvalue weighted by molar-refractivity contribution is 14.1. The van der Waals surface area contributed by atoms with E-state index in [1.807, 2.05) is 11.3 Å². The van der Waals surface area contributed by atoms with Crippen LogP contribution in [0.5, 0.6) is 0 Å². The van der Waals surface area contributed by atoms with Crippen LogP contribution in [0.1, 0.15) is 26.3 Å². The first-order valence-electron chi connectivity index (χ1n) is 7.64. The van der Waals surface area contributed by atoms with Gasteiger partial charge in [0, 0.05) is 11.1 Å². The Morgan fingerprint density at radius 3 is 2.59 bits per heavy atom. The molecule has 0 N–H and O–H groups in total. The van der Waals surface area contributed by atoms with Gasteiger partial charge in [0.25, 0.3) is 0 Å². The lowest BCUT2D eigenvalue weighted by Crippen LogP contribution is -2.44. The Kier molecular flexibility index (Phi) is 5.91. The lowest BCUT2D eigenvalue weighted by atomic mass is 10.1. The first-order valence-corrected chi connectivity index (χ1v) is 12.7. The summed E-state index contributed by atoms with van der Waals surface area (Å²) in [6.07, 6.45) is 3.32. The molecule has 0 fully saturated rings. The van der Waals surface area contributed by atoms with Gasteiger partial charge in [-0.15, -0.1) is 11.3 Å². The number of fused-ring (bicyclic) bond motifs is 1. The van der Waals surface area contributed by atoms with Gasteiger partial charge in [-0.3, -0.25) is 0 Å². The second-order valence-electron chi connectivity index (χ2n) is 7.20. The van der Waals surface area contributed by atoms with Crippen molar-refractivity contribution in [1.29, 1.82) is 0 Å². The predicted molar refractivity (Wildman–Crippen MR) is 111 cm³/mol. The lowest BCUT2D eigenvalue weighted by molar-refractivity contribution is 0.226. The Morgan fingerprint density at radius 2 is 1.95 bits per heavy atom. The molecule has 0 aliphatic carbocycles. The number of hydrogen-bond acceptors (Lipinski definition) is 2. The summed E-state index contributed by atoms with van der Waals surface area (Å²) in [4.78, 5) is 0. The average Bonchev–Trinajstić information content (AvgIpc) is 2.81. The third kappa shape index (κ3) is 4.22. The molecule has 0 saturated heterocycles. The van der Waals surface area contributed by atoms with Crippen LogP contribution in [0, 0.1) is 0 Å². The Balaban J connectivity index is 2.23. The van der Waals surface area contributed by atoms with Gasteiger partial charge in [0.15, 0.2) is 8.32 Å². The zero-order valence-electron chi connectivity index (χ0n) is 14.0. The molecule has 0 spiro atoms. The van der Waals surface area contributed by atoms with Gasteiger partial charge in [0.2, 0.25) is 0 Å². The average molecular weight is 444 g/mol. The van der Waals surface area contributed by atoms with Crippen LogP contribution < -0.4 is 0 Å². The van der Waals surface area contributed by atoms with Gasteiger partial charge in [0.05, 0.1) is 6.10 Å². The Labute approximate surface area is 153 Å². The predicted octanol–water partition coefficient (Wildman–Crippen LogP) is 6.78. The van der Waals surface area contributed by atoms with E-state index < -0.39 is 8.32 Å². The number of thiophene rings is 1. The molecular formula is C18H25IOSSi.